The summed E-state index contributed by atoms with van der Waals surface area (Å²) in [5, 5.41) is 2.52. The quantitative estimate of drug-likeness (QED) is 0.701. The largest absolute Gasteiger partial charge is 0.295 e. The molecule has 0 aromatic carbocycles. The molecule has 1 aliphatic heterocycles. The number of allylic oxidation sites excluding steroid dienone is 2. The molecule has 3 aliphatic rings. The lowest BCUT2D eigenvalue weighted by Gasteiger charge is -2.38. The summed E-state index contributed by atoms with van der Waals surface area (Å²) in [4.78, 5) is 24.1. The maximum absolute atomic E-state index is 12.2. The minimum atomic E-state index is -0.577. The number of imide groups is 1. The minimum Gasteiger partial charge on any atom is -0.295 e. The average Bonchev–Trinajstić information content (AvgIpc) is 2.64. The maximum Gasteiger partial charge on any atom is 0.238 e. The van der Waals surface area contributed by atoms with E-state index in [4.69, 9.17) is 0 Å². The van der Waals surface area contributed by atoms with Crippen LogP contribution in [0.4, 0.5) is 0 Å². The lowest BCUT2D eigenvalue weighted by molar-refractivity contribution is -0.129. The van der Waals surface area contributed by atoms with Gasteiger partial charge in [-0.15, -0.1) is 0 Å². The van der Waals surface area contributed by atoms with Crippen molar-refractivity contribution in [1.82, 2.24) is 5.32 Å². The Hall–Kier alpha value is -1.38. The first-order chi connectivity index (χ1) is 8.25. The van der Waals surface area contributed by atoms with Crippen LogP contribution in [0.2, 0.25) is 0 Å². The van der Waals surface area contributed by atoms with E-state index in [0.717, 1.165) is 12.8 Å². The molecule has 2 unspecified atom stereocenters. The van der Waals surface area contributed by atoms with Gasteiger partial charge in [0, 0.05) is 0 Å². The molecule has 0 bridgehead atoms. The predicted octanol–water partition coefficient (Wildman–Crippen LogP) is 1.95. The third-order valence-corrected chi connectivity index (χ3v) is 4.49. The van der Waals surface area contributed by atoms with Crippen LogP contribution in [0.5, 0.6) is 0 Å². The van der Waals surface area contributed by atoms with Crippen LogP contribution in [0.3, 0.4) is 0 Å². The van der Waals surface area contributed by atoms with Crippen molar-refractivity contribution < 1.29 is 9.59 Å². The fourth-order valence-corrected chi connectivity index (χ4v) is 3.63. The lowest BCUT2D eigenvalue weighted by Crippen LogP contribution is -2.41. The van der Waals surface area contributed by atoms with Gasteiger partial charge in [0.2, 0.25) is 11.8 Å². The maximum atomic E-state index is 12.2. The molecule has 3 nitrogen and oxygen atoms in total. The molecule has 90 valence electrons. The summed E-state index contributed by atoms with van der Waals surface area (Å²) in [6.45, 7) is 0. The Kier molecular flexibility index (Phi) is 2.42. The highest BCUT2D eigenvalue weighted by Gasteiger charge is 2.57. The second-order valence-corrected chi connectivity index (χ2v) is 5.31. The molecule has 1 saturated carbocycles. The first-order valence-electron chi connectivity index (χ1n) is 6.46. The fraction of sp³-hybridized carbons (Fsp3) is 0.571. The highest BCUT2D eigenvalue weighted by Crippen LogP contribution is 2.49. The Morgan fingerprint density at radius 3 is 2.65 bits per heavy atom. The van der Waals surface area contributed by atoms with E-state index in [1.165, 1.54) is 19.3 Å². The zero-order valence-electron chi connectivity index (χ0n) is 9.82. The van der Waals surface area contributed by atoms with Gasteiger partial charge < -0.3 is 0 Å². The van der Waals surface area contributed by atoms with Gasteiger partial charge in [-0.25, -0.2) is 0 Å². The standard InChI is InChI=1S/C14H17NO2/c16-12-11-8-4-5-9-14(11,13(17)15-12)10-6-2-1-3-7-10/h4-5,8-11H,1-3,6-7H2,(H,15,16,17). The van der Waals surface area contributed by atoms with E-state index in [1.54, 1.807) is 0 Å². The Labute approximate surface area is 101 Å². The van der Waals surface area contributed by atoms with Gasteiger partial charge in [-0.3, -0.25) is 14.9 Å². The Morgan fingerprint density at radius 2 is 1.88 bits per heavy atom. The van der Waals surface area contributed by atoms with Crippen molar-refractivity contribution in [2.45, 2.75) is 32.1 Å². The van der Waals surface area contributed by atoms with Gasteiger partial charge in [-0.2, -0.15) is 0 Å². The van der Waals surface area contributed by atoms with Gasteiger partial charge in [0.05, 0.1) is 11.3 Å². The summed E-state index contributed by atoms with van der Waals surface area (Å²) >= 11 is 0. The number of hydrogen-bond acceptors (Lipinski definition) is 2. The monoisotopic (exact) mass is 231 g/mol. The number of hydrogen-bond donors (Lipinski definition) is 1. The normalized spacial score (nSPS) is 37.1. The first kappa shape index (κ1) is 10.8. The molecule has 0 aromatic rings. The molecule has 2 atom stereocenters. The van der Waals surface area contributed by atoms with Gasteiger partial charge in [0.1, 0.15) is 0 Å². The van der Waals surface area contributed by atoms with E-state index in [0.29, 0.717) is 5.92 Å². The predicted molar refractivity (Wildman–Crippen MR) is 63.9 cm³/mol. The molecule has 0 aromatic heterocycles. The molecule has 1 N–H and O–H groups in total. The molecule has 1 heterocycles. The van der Waals surface area contributed by atoms with E-state index in [2.05, 4.69) is 5.32 Å². The smallest absolute Gasteiger partial charge is 0.238 e. The summed E-state index contributed by atoms with van der Waals surface area (Å²) < 4.78 is 0. The first-order valence-corrected chi connectivity index (χ1v) is 6.46. The summed E-state index contributed by atoms with van der Waals surface area (Å²) in [6, 6.07) is 0. The van der Waals surface area contributed by atoms with Crippen LogP contribution in [0.25, 0.3) is 0 Å². The van der Waals surface area contributed by atoms with E-state index in [9.17, 15) is 9.59 Å². The zero-order chi connectivity index (χ0) is 11.9. The molecule has 0 spiro atoms. The van der Waals surface area contributed by atoms with Crippen molar-refractivity contribution in [3.05, 3.63) is 24.3 Å². The van der Waals surface area contributed by atoms with E-state index >= 15 is 0 Å². The molecule has 2 fully saturated rings. The average molecular weight is 231 g/mol. The zero-order valence-corrected chi connectivity index (χ0v) is 9.82. The van der Waals surface area contributed by atoms with Gasteiger partial charge >= 0.3 is 0 Å². The second kappa shape index (κ2) is 3.83. The number of amides is 2. The van der Waals surface area contributed by atoms with Crippen molar-refractivity contribution in [3.8, 4) is 0 Å². The van der Waals surface area contributed by atoms with E-state index in [1.807, 2.05) is 24.3 Å². The molecule has 2 aliphatic carbocycles. The number of rotatable bonds is 1. The molecule has 0 radical (unpaired) electrons. The molecular formula is C14H17NO2. The van der Waals surface area contributed by atoms with E-state index < -0.39 is 5.41 Å². The third-order valence-electron chi connectivity index (χ3n) is 4.49. The van der Waals surface area contributed by atoms with Gasteiger partial charge in [-0.1, -0.05) is 43.6 Å². The molecule has 1 saturated heterocycles. The van der Waals surface area contributed by atoms with Crippen LogP contribution in [-0.4, -0.2) is 11.8 Å². The number of nitrogens with one attached hydrogen (secondary N) is 1. The van der Waals surface area contributed by atoms with Gasteiger partial charge in [-0.05, 0) is 18.8 Å². The molecule has 3 heteroatoms. The van der Waals surface area contributed by atoms with Gasteiger partial charge in [0.15, 0.2) is 0 Å². The molecular weight excluding hydrogens is 214 g/mol. The van der Waals surface area contributed by atoms with Crippen molar-refractivity contribution in [2.24, 2.45) is 17.3 Å². The topological polar surface area (TPSA) is 46.2 Å². The number of fused-ring (bicyclic) bond motifs is 1. The molecule has 2 amide bonds. The lowest BCUT2D eigenvalue weighted by atomic mass is 9.62. The van der Waals surface area contributed by atoms with Crippen LogP contribution in [0, 0.1) is 17.3 Å². The summed E-state index contributed by atoms with van der Waals surface area (Å²) in [5.41, 5.74) is -0.577. The highest BCUT2D eigenvalue weighted by atomic mass is 16.2. The summed E-state index contributed by atoms with van der Waals surface area (Å²) in [7, 11) is 0. The van der Waals surface area contributed by atoms with Crippen LogP contribution in [-0.2, 0) is 9.59 Å². The number of carbonyl (C=O) groups excluding carboxylic acids is 2. The molecule has 3 rings (SSSR count). The van der Waals surface area contributed by atoms with Crippen LogP contribution >= 0.6 is 0 Å². The van der Waals surface area contributed by atoms with Gasteiger partial charge in [0.25, 0.3) is 0 Å². The fourth-order valence-electron chi connectivity index (χ4n) is 3.63. The SMILES string of the molecule is O=C1NC(=O)C2(C3CCCCC3)C=CC=CC12. The molecule has 17 heavy (non-hydrogen) atoms. The van der Waals surface area contributed by atoms with Crippen molar-refractivity contribution in [1.29, 1.82) is 0 Å². The number of carbonyl (C=O) groups is 2. The van der Waals surface area contributed by atoms with E-state index in [-0.39, 0.29) is 17.7 Å². The van der Waals surface area contributed by atoms with Crippen LogP contribution in [0.15, 0.2) is 24.3 Å². The highest BCUT2D eigenvalue weighted by molar-refractivity contribution is 6.09. The van der Waals surface area contributed by atoms with Crippen molar-refractivity contribution >= 4 is 11.8 Å². The summed E-state index contributed by atoms with van der Waals surface area (Å²) in [5.74, 6) is -0.154. The van der Waals surface area contributed by atoms with Crippen LogP contribution in [0.1, 0.15) is 32.1 Å². The summed E-state index contributed by atoms with van der Waals surface area (Å²) in [6.07, 6.45) is 13.4. The van der Waals surface area contributed by atoms with Crippen LogP contribution < -0.4 is 5.32 Å². The minimum absolute atomic E-state index is 0.0833. The van der Waals surface area contributed by atoms with Crippen molar-refractivity contribution in [3.63, 3.8) is 0 Å². The Balaban J connectivity index is 2.01. The second-order valence-electron chi connectivity index (χ2n) is 5.31. The Morgan fingerprint density at radius 1 is 1.12 bits per heavy atom. The van der Waals surface area contributed by atoms with Crippen molar-refractivity contribution in [2.75, 3.05) is 0 Å². The Bertz CT molecular complexity index is 418. The third kappa shape index (κ3) is 1.41.